The third kappa shape index (κ3) is 1.94. The minimum atomic E-state index is -0.528. The van der Waals surface area contributed by atoms with Crippen LogP contribution >= 0.6 is 0 Å². The molecule has 1 heterocycles. The van der Waals surface area contributed by atoms with Crippen molar-refractivity contribution in [2.75, 3.05) is 4.90 Å². The first kappa shape index (κ1) is 12.7. The van der Waals surface area contributed by atoms with Gasteiger partial charge in [0.05, 0.1) is 12.6 Å². The molecule has 1 aliphatic rings. The Kier molecular flexibility index (Phi) is 2.95. The fraction of sp³-hybridized carbons (Fsp3) is 0.188. The normalized spacial score (nSPS) is 15.3. The second-order valence-electron chi connectivity index (χ2n) is 4.96. The smallest absolute Gasteiger partial charge is 0.259 e. The first-order valence-electron chi connectivity index (χ1n) is 6.48. The number of aliphatic hydroxyl groups excluding tert-OH is 1. The highest BCUT2D eigenvalue weighted by atomic mass is 16.3. The van der Waals surface area contributed by atoms with Crippen LogP contribution in [0.2, 0.25) is 0 Å². The van der Waals surface area contributed by atoms with Gasteiger partial charge in [-0.25, -0.2) is 0 Å². The summed E-state index contributed by atoms with van der Waals surface area (Å²) in [4.78, 5) is 14.0. The van der Waals surface area contributed by atoms with Crippen molar-refractivity contribution < 1.29 is 15.0 Å². The molecule has 0 saturated heterocycles. The molecule has 2 aromatic rings. The Hall–Kier alpha value is -2.33. The maximum atomic E-state index is 12.3. The van der Waals surface area contributed by atoms with Crippen molar-refractivity contribution in [3.05, 3.63) is 59.2 Å². The summed E-state index contributed by atoms with van der Waals surface area (Å²) in [5.41, 5.74) is 2.78. The summed E-state index contributed by atoms with van der Waals surface area (Å²) in [6, 6.07) is 12.2. The molecule has 0 bridgehead atoms. The topological polar surface area (TPSA) is 60.8 Å². The molecule has 0 spiro atoms. The first-order chi connectivity index (χ1) is 9.58. The number of amides is 1. The molecule has 2 N–H and O–H groups in total. The van der Waals surface area contributed by atoms with E-state index in [2.05, 4.69) is 0 Å². The van der Waals surface area contributed by atoms with Crippen LogP contribution in [0.4, 0.5) is 5.69 Å². The number of anilines is 1. The van der Waals surface area contributed by atoms with E-state index in [4.69, 9.17) is 0 Å². The number of carbonyl (C=O) groups excluding carboxylic acids is 1. The largest absolute Gasteiger partial charge is 0.508 e. The zero-order valence-corrected chi connectivity index (χ0v) is 11.1. The van der Waals surface area contributed by atoms with Gasteiger partial charge >= 0.3 is 0 Å². The molecule has 102 valence electrons. The first-order valence-corrected chi connectivity index (χ1v) is 6.48. The SMILES string of the molecule is CC(O)c1ccc(N2Cc3c(O)cccc3C2=O)cc1. The standard InChI is InChI=1S/C16H15NO3/c1-10(18)11-5-7-12(8-6-11)17-9-14-13(16(17)20)3-2-4-15(14)19/h2-8,10,18-19H,9H2,1H3. The van der Waals surface area contributed by atoms with Crippen LogP contribution in [-0.4, -0.2) is 16.1 Å². The number of phenols is 1. The lowest BCUT2D eigenvalue weighted by atomic mass is 10.1. The van der Waals surface area contributed by atoms with Crippen LogP contribution in [0.15, 0.2) is 42.5 Å². The van der Waals surface area contributed by atoms with Crippen LogP contribution in [0.25, 0.3) is 0 Å². The second kappa shape index (κ2) is 4.65. The minimum Gasteiger partial charge on any atom is -0.508 e. The summed E-state index contributed by atoms with van der Waals surface area (Å²) in [5.74, 6) is 0.0413. The Morgan fingerprint density at radius 1 is 1.15 bits per heavy atom. The number of rotatable bonds is 2. The summed E-state index contributed by atoms with van der Waals surface area (Å²) < 4.78 is 0. The van der Waals surface area contributed by atoms with Gasteiger partial charge < -0.3 is 15.1 Å². The molecule has 4 heteroatoms. The summed E-state index contributed by atoms with van der Waals surface area (Å²) in [6.45, 7) is 2.07. The molecule has 0 radical (unpaired) electrons. The van der Waals surface area contributed by atoms with E-state index in [1.165, 1.54) is 0 Å². The van der Waals surface area contributed by atoms with Crippen molar-refractivity contribution in [2.45, 2.75) is 19.6 Å². The van der Waals surface area contributed by atoms with Crippen LogP contribution in [-0.2, 0) is 6.54 Å². The second-order valence-corrected chi connectivity index (χ2v) is 4.96. The van der Waals surface area contributed by atoms with E-state index in [1.807, 2.05) is 12.1 Å². The Bertz CT molecular complexity index is 662. The van der Waals surface area contributed by atoms with E-state index >= 15 is 0 Å². The maximum Gasteiger partial charge on any atom is 0.259 e. The van der Waals surface area contributed by atoms with Crippen LogP contribution in [0, 0.1) is 0 Å². The monoisotopic (exact) mass is 269 g/mol. The van der Waals surface area contributed by atoms with Gasteiger partial charge in [0, 0.05) is 16.8 Å². The third-order valence-corrected chi connectivity index (χ3v) is 3.63. The number of aromatic hydroxyl groups is 1. The molecule has 1 aliphatic heterocycles. The lowest BCUT2D eigenvalue weighted by Gasteiger charge is -2.16. The van der Waals surface area contributed by atoms with E-state index in [0.29, 0.717) is 17.7 Å². The van der Waals surface area contributed by atoms with Gasteiger partial charge in [-0.1, -0.05) is 18.2 Å². The zero-order valence-electron chi connectivity index (χ0n) is 11.1. The fourth-order valence-electron chi connectivity index (χ4n) is 2.46. The van der Waals surface area contributed by atoms with Crippen molar-refractivity contribution >= 4 is 11.6 Å². The van der Waals surface area contributed by atoms with E-state index in [0.717, 1.165) is 11.3 Å². The summed E-state index contributed by atoms with van der Waals surface area (Å²) in [5, 5.41) is 19.3. The molecular weight excluding hydrogens is 254 g/mol. The van der Waals surface area contributed by atoms with Gasteiger partial charge in [-0.3, -0.25) is 4.79 Å². The average molecular weight is 269 g/mol. The third-order valence-electron chi connectivity index (χ3n) is 3.63. The van der Waals surface area contributed by atoms with Crippen LogP contribution in [0.1, 0.15) is 34.5 Å². The Morgan fingerprint density at radius 3 is 2.45 bits per heavy atom. The van der Waals surface area contributed by atoms with Crippen LogP contribution < -0.4 is 4.90 Å². The fourth-order valence-corrected chi connectivity index (χ4v) is 2.46. The van der Waals surface area contributed by atoms with Crippen molar-refractivity contribution in [1.29, 1.82) is 0 Å². The molecule has 20 heavy (non-hydrogen) atoms. The van der Waals surface area contributed by atoms with Crippen molar-refractivity contribution in [3.8, 4) is 5.75 Å². The molecular formula is C16H15NO3. The molecule has 0 fully saturated rings. The summed E-state index contributed by atoms with van der Waals surface area (Å²) >= 11 is 0. The highest BCUT2D eigenvalue weighted by molar-refractivity contribution is 6.10. The lowest BCUT2D eigenvalue weighted by molar-refractivity contribution is 0.0996. The van der Waals surface area contributed by atoms with Gasteiger partial charge in [0.1, 0.15) is 5.75 Å². The van der Waals surface area contributed by atoms with Crippen molar-refractivity contribution in [3.63, 3.8) is 0 Å². The predicted molar refractivity (Wildman–Crippen MR) is 75.7 cm³/mol. The van der Waals surface area contributed by atoms with Gasteiger partial charge in [-0.2, -0.15) is 0 Å². The number of benzene rings is 2. The van der Waals surface area contributed by atoms with Gasteiger partial charge in [0.25, 0.3) is 5.91 Å². The number of aliphatic hydroxyl groups is 1. The predicted octanol–water partition coefficient (Wildman–Crippen LogP) is 2.61. The molecule has 0 aliphatic carbocycles. The van der Waals surface area contributed by atoms with E-state index in [9.17, 15) is 15.0 Å². The summed E-state index contributed by atoms with van der Waals surface area (Å²) in [6.07, 6.45) is -0.528. The van der Waals surface area contributed by atoms with Crippen LogP contribution in [0.5, 0.6) is 5.75 Å². The highest BCUT2D eigenvalue weighted by Gasteiger charge is 2.30. The number of carbonyl (C=O) groups is 1. The minimum absolute atomic E-state index is 0.110. The molecule has 1 atom stereocenters. The zero-order chi connectivity index (χ0) is 14.3. The van der Waals surface area contributed by atoms with Crippen molar-refractivity contribution in [2.24, 2.45) is 0 Å². The van der Waals surface area contributed by atoms with Gasteiger partial charge in [0.15, 0.2) is 0 Å². The summed E-state index contributed by atoms with van der Waals surface area (Å²) in [7, 11) is 0. The molecule has 1 unspecified atom stereocenters. The average Bonchev–Trinajstić information content (AvgIpc) is 2.78. The number of fused-ring (bicyclic) bond motifs is 1. The maximum absolute atomic E-state index is 12.3. The number of phenolic OH excluding ortho intramolecular Hbond substituents is 1. The molecule has 0 saturated carbocycles. The number of hydrogen-bond donors (Lipinski definition) is 2. The highest BCUT2D eigenvalue weighted by Crippen LogP contribution is 2.33. The number of nitrogens with zero attached hydrogens (tertiary/aromatic N) is 1. The molecule has 0 aromatic heterocycles. The molecule has 3 rings (SSSR count). The molecule has 2 aromatic carbocycles. The Morgan fingerprint density at radius 2 is 1.85 bits per heavy atom. The molecule has 4 nitrogen and oxygen atoms in total. The van der Waals surface area contributed by atoms with Crippen molar-refractivity contribution in [1.82, 2.24) is 0 Å². The van der Waals surface area contributed by atoms with E-state index in [1.54, 1.807) is 42.2 Å². The molecule has 1 amide bonds. The van der Waals surface area contributed by atoms with Crippen LogP contribution in [0.3, 0.4) is 0 Å². The Balaban J connectivity index is 1.94. The van der Waals surface area contributed by atoms with Gasteiger partial charge in [-0.05, 0) is 36.8 Å². The van der Waals surface area contributed by atoms with Gasteiger partial charge in [0.2, 0.25) is 0 Å². The Labute approximate surface area is 116 Å². The quantitative estimate of drug-likeness (QED) is 0.881. The van der Waals surface area contributed by atoms with E-state index < -0.39 is 6.10 Å². The van der Waals surface area contributed by atoms with E-state index in [-0.39, 0.29) is 11.7 Å². The lowest BCUT2D eigenvalue weighted by Crippen LogP contribution is -2.22. The van der Waals surface area contributed by atoms with Gasteiger partial charge in [-0.15, -0.1) is 0 Å². The number of hydrogen-bond acceptors (Lipinski definition) is 3.